The predicted octanol–water partition coefficient (Wildman–Crippen LogP) is 0.151. The molecule has 2 N–H and O–H groups in total. The summed E-state index contributed by atoms with van der Waals surface area (Å²) in [6.07, 6.45) is 4.37. The van der Waals surface area contributed by atoms with Gasteiger partial charge in [0.25, 0.3) is 0 Å². The number of aromatic nitrogens is 4. The fourth-order valence-electron chi connectivity index (χ4n) is 2.16. The number of aromatic amines is 1. The highest BCUT2D eigenvalue weighted by Gasteiger charge is 2.22. The average molecular weight is 218 g/mol. The van der Waals surface area contributed by atoms with E-state index in [1.165, 1.54) is 0 Å². The molecule has 1 atom stereocenters. The van der Waals surface area contributed by atoms with Gasteiger partial charge in [0.2, 0.25) is 0 Å². The van der Waals surface area contributed by atoms with E-state index in [1.54, 1.807) is 12.7 Å². The van der Waals surface area contributed by atoms with E-state index in [4.69, 9.17) is 0 Å². The summed E-state index contributed by atoms with van der Waals surface area (Å²) in [7, 11) is 2.07. The van der Waals surface area contributed by atoms with Crippen LogP contribution >= 0.6 is 0 Å². The van der Waals surface area contributed by atoms with E-state index < -0.39 is 0 Å². The molecule has 1 aliphatic heterocycles. The summed E-state index contributed by atoms with van der Waals surface area (Å²) in [5.41, 5.74) is 1.64. The second-order valence-corrected chi connectivity index (χ2v) is 4.06. The number of imidazole rings is 1. The lowest BCUT2D eigenvalue weighted by Crippen LogP contribution is -2.34. The van der Waals surface area contributed by atoms with Crippen LogP contribution in [0.5, 0.6) is 0 Å². The van der Waals surface area contributed by atoms with Crippen LogP contribution in [0.15, 0.2) is 12.7 Å². The largest absolute Gasteiger partial charge is 0.353 e. The van der Waals surface area contributed by atoms with Crippen molar-refractivity contribution >= 4 is 17.0 Å². The van der Waals surface area contributed by atoms with Crippen LogP contribution < -0.4 is 10.2 Å². The number of anilines is 1. The fraction of sp³-hybridized carbons (Fsp3) is 0.500. The van der Waals surface area contributed by atoms with Gasteiger partial charge in [0, 0.05) is 19.6 Å². The van der Waals surface area contributed by atoms with Crippen molar-refractivity contribution in [2.24, 2.45) is 0 Å². The lowest BCUT2D eigenvalue weighted by atomic mass is 10.2. The minimum atomic E-state index is 0.501. The SMILES string of the molecule is CN(c1ncnc2nc[nH]c12)C1CCNC1. The Morgan fingerprint density at radius 3 is 3.12 bits per heavy atom. The van der Waals surface area contributed by atoms with Crippen molar-refractivity contribution in [2.45, 2.75) is 12.5 Å². The van der Waals surface area contributed by atoms with Gasteiger partial charge in [-0.05, 0) is 13.0 Å². The van der Waals surface area contributed by atoms with Crippen molar-refractivity contribution in [1.82, 2.24) is 25.3 Å². The zero-order valence-corrected chi connectivity index (χ0v) is 9.14. The van der Waals surface area contributed by atoms with Crippen molar-refractivity contribution in [2.75, 3.05) is 25.0 Å². The first-order valence-corrected chi connectivity index (χ1v) is 5.44. The van der Waals surface area contributed by atoms with Crippen LogP contribution in [0.1, 0.15) is 6.42 Å². The molecule has 16 heavy (non-hydrogen) atoms. The molecule has 1 unspecified atom stereocenters. The Kier molecular flexibility index (Phi) is 2.21. The van der Waals surface area contributed by atoms with Gasteiger partial charge < -0.3 is 15.2 Å². The summed E-state index contributed by atoms with van der Waals surface area (Å²) in [5, 5.41) is 3.35. The van der Waals surface area contributed by atoms with Crippen LogP contribution in [-0.2, 0) is 0 Å². The minimum absolute atomic E-state index is 0.501. The summed E-state index contributed by atoms with van der Waals surface area (Å²) < 4.78 is 0. The van der Waals surface area contributed by atoms with Gasteiger partial charge in [0.05, 0.1) is 6.33 Å². The molecule has 0 aliphatic carbocycles. The third kappa shape index (κ3) is 1.42. The normalized spacial score (nSPS) is 20.4. The van der Waals surface area contributed by atoms with Gasteiger partial charge in [-0.15, -0.1) is 0 Å². The molecule has 2 aromatic rings. The topological polar surface area (TPSA) is 69.7 Å². The first-order chi connectivity index (χ1) is 7.86. The average Bonchev–Trinajstić information content (AvgIpc) is 2.98. The molecule has 0 aromatic carbocycles. The zero-order valence-electron chi connectivity index (χ0n) is 9.14. The van der Waals surface area contributed by atoms with Gasteiger partial charge in [0.1, 0.15) is 11.8 Å². The van der Waals surface area contributed by atoms with Crippen molar-refractivity contribution in [3.05, 3.63) is 12.7 Å². The van der Waals surface area contributed by atoms with Crippen molar-refractivity contribution in [3.63, 3.8) is 0 Å². The molecule has 6 heteroatoms. The molecule has 2 aromatic heterocycles. The minimum Gasteiger partial charge on any atom is -0.353 e. The number of likely N-dealkylation sites (N-methyl/N-ethyl adjacent to an activating group) is 1. The molecule has 0 amide bonds. The Bertz CT molecular complexity index is 487. The standard InChI is InChI=1S/C10H14N6/c1-16(7-2-3-11-4-7)10-8-9(13-5-12-8)14-6-15-10/h5-7,11H,2-4H2,1H3,(H,12,13,14,15). The molecule has 0 bridgehead atoms. The predicted molar refractivity (Wildman–Crippen MR) is 61.4 cm³/mol. The molecular formula is C10H14N6. The van der Waals surface area contributed by atoms with Crippen LogP contribution in [0.3, 0.4) is 0 Å². The van der Waals surface area contributed by atoms with Crippen LogP contribution in [0.2, 0.25) is 0 Å². The Morgan fingerprint density at radius 1 is 1.38 bits per heavy atom. The molecule has 1 aliphatic rings. The van der Waals surface area contributed by atoms with E-state index >= 15 is 0 Å². The quantitative estimate of drug-likeness (QED) is 0.751. The fourth-order valence-corrected chi connectivity index (χ4v) is 2.16. The first-order valence-electron chi connectivity index (χ1n) is 5.44. The molecule has 1 fully saturated rings. The number of rotatable bonds is 2. The van der Waals surface area contributed by atoms with E-state index in [-0.39, 0.29) is 0 Å². The lowest BCUT2D eigenvalue weighted by molar-refractivity contribution is 0.679. The number of hydrogen-bond donors (Lipinski definition) is 2. The first kappa shape index (κ1) is 9.53. The highest BCUT2D eigenvalue weighted by atomic mass is 15.2. The van der Waals surface area contributed by atoms with E-state index in [9.17, 15) is 0 Å². The van der Waals surface area contributed by atoms with Gasteiger partial charge >= 0.3 is 0 Å². The summed E-state index contributed by atoms with van der Waals surface area (Å²) in [4.78, 5) is 17.9. The van der Waals surface area contributed by atoms with Gasteiger partial charge in [0.15, 0.2) is 11.5 Å². The summed E-state index contributed by atoms with van der Waals surface area (Å²) in [6.45, 7) is 2.09. The summed E-state index contributed by atoms with van der Waals surface area (Å²) in [6, 6.07) is 0.501. The number of hydrogen-bond acceptors (Lipinski definition) is 5. The molecule has 3 heterocycles. The molecular weight excluding hydrogens is 204 g/mol. The zero-order chi connectivity index (χ0) is 11.0. The maximum atomic E-state index is 4.34. The van der Waals surface area contributed by atoms with Crippen LogP contribution in [0, 0.1) is 0 Å². The van der Waals surface area contributed by atoms with E-state index in [0.29, 0.717) is 6.04 Å². The Morgan fingerprint density at radius 2 is 2.31 bits per heavy atom. The Balaban J connectivity index is 2.00. The Hall–Kier alpha value is -1.69. The number of nitrogens with zero attached hydrogens (tertiary/aromatic N) is 4. The van der Waals surface area contributed by atoms with Crippen LogP contribution in [-0.4, -0.2) is 46.1 Å². The van der Waals surface area contributed by atoms with E-state index in [0.717, 1.165) is 36.5 Å². The van der Waals surface area contributed by atoms with Crippen LogP contribution in [0.4, 0.5) is 5.82 Å². The van der Waals surface area contributed by atoms with Gasteiger partial charge in [-0.1, -0.05) is 0 Å². The number of nitrogens with one attached hydrogen (secondary N) is 2. The lowest BCUT2D eigenvalue weighted by Gasteiger charge is -2.24. The second-order valence-electron chi connectivity index (χ2n) is 4.06. The molecule has 84 valence electrons. The highest BCUT2D eigenvalue weighted by Crippen LogP contribution is 2.21. The molecule has 6 nitrogen and oxygen atoms in total. The molecule has 0 spiro atoms. The summed E-state index contributed by atoms with van der Waals surface area (Å²) >= 11 is 0. The third-order valence-corrected chi connectivity index (χ3v) is 3.12. The van der Waals surface area contributed by atoms with Crippen LogP contribution in [0.25, 0.3) is 11.2 Å². The molecule has 1 saturated heterocycles. The number of H-pyrrole nitrogens is 1. The smallest absolute Gasteiger partial charge is 0.182 e. The molecule has 0 saturated carbocycles. The second kappa shape index (κ2) is 3.71. The Labute approximate surface area is 93.1 Å². The molecule has 0 radical (unpaired) electrons. The number of fused-ring (bicyclic) bond motifs is 1. The highest BCUT2D eigenvalue weighted by molar-refractivity contribution is 5.82. The monoisotopic (exact) mass is 218 g/mol. The maximum Gasteiger partial charge on any atom is 0.182 e. The van der Waals surface area contributed by atoms with E-state index in [1.807, 2.05) is 0 Å². The maximum absolute atomic E-state index is 4.34. The summed E-state index contributed by atoms with van der Waals surface area (Å²) in [5.74, 6) is 0.927. The third-order valence-electron chi connectivity index (χ3n) is 3.12. The van der Waals surface area contributed by atoms with E-state index in [2.05, 4.69) is 37.2 Å². The van der Waals surface area contributed by atoms with Gasteiger partial charge in [-0.2, -0.15) is 0 Å². The van der Waals surface area contributed by atoms with Gasteiger partial charge in [-0.3, -0.25) is 0 Å². The molecule has 3 rings (SSSR count). The van der Waals surface area contributed by atoms with Crippen molar-refractivity contribution < 1.29 is 0 Å². The van der Waals surface area contributed by atoms with Crippen molar-refractivity contribution in [1.29, 1.82) is 0 Å². The van der Waals surface area contributed by atoms with Gasteiger partial charge in [-0.25, -0.2) is 15.0 Å². The van der Waals surface area contributed by atoms with Crippen molar-refractivity contribution in [3.8, 4) is 0 Å².